The fourth-order valence-corrected chi connectivity index (χ4v) is 2.20. The topological polar surface area (TPSA) is 49.3 Å². The molecule has 0 aliphatic heterocycles. The maximum absolute atomic E-state index is 12.5. The van der Waals surface area contributed by atoms with Crippen molar-refractivity contribution < 1.29 is 23.1 Å². The van der Waals surface area contributed by atoms with Crippen LogP contribution in [-0.4, -0.2) is 23.8 Å². The Hall–Kier alpha value is -1.08. The molecule has 0 spiro atoms. The molecular formula is C12H13BrF3NO2. The zero-order valence-corrected chi connectivity index (χ0v) is 11.6. The van der Waals surface area contributed by atoms with Crippen LogP contribution < -0.4 is 5.32 Å². The molecule has 7 heteroatoms. The number of halogens is 4. The molecule has 1 aromatic carbocycles. The summed E-state index contributed by atoms with van der Waals surface area (Å²) in [5.41, 5.74) is 0.772. The highest BCUT2D eigenvalue weighted by atomic mass is 79.9. The van der Waals surface area contributed by atoms with Crippen LogP contribution in [-0.2, 0) is 4.79 Å². The van der Waals surface area contributed by atoms with E-state index in [2.05, 4.69) is 21.2 Å². The van der Waals surface area contributed by atoms with Gasteiger partial charge in [-0.05, 0) is 18.6 Å². The van der Waals surface area contributed by atoms with Crippen molar-refractivity contribution in [2.24, 2.45) is 5.92 Å². The molecule has 106 valence electrons. The van der Waals surface area contributed by atoms with E-state index < -0.39 is 24.6 Å². The number of benzene rings is 1. The van der Waals surface area contributed by atoms with Crippen molar-refractivity contribution in [2.75, 3.05) is 6.54 Å². The first-order chi connectivity index (χ1) is 8.73. The molecule has 19 heavy (non-hydrogen) atoms. The Bertz CT molecular complexity index is 451. The second-order valence-electron chi connectivity index (χ2n) is 4.08. The lowest BCUT2D eigenvalue weighted by molar-refractivity contribution is -0.192. The molecule has 0 bridgehead atoms. The molecule has 0 radical (unpaired) electrons. The molecule has 1 aromatic rings. The number of carbonyl (C=O) groups is 1. The summed E-state index contributed by atoms with van der Waals surface area (Å²) in [5.74, 6) is -4.28. The lowest BCUT2D eigenvalue weighted by atomic mass is 10.1. The third-order valence-corrected chi connectivity index (χ3v) is 3.42. The van der Waals surface area contributed by atoms with Crippen molar-refractivity contribution in [3.63, 3.8) is 0 Å². The SMILES string of the molecule is C[C@@H](NCC(C(=O)O)C(F)(F)F)c1ccccc1Br. The number of carboxylic acid groups (broad SMARTS) is 1. The molecule has 2 N–H and O–H groups in total. The van der Waals surface area contributed by atoms with Gasteiger partial charge in [0.05, 0.1) is 0 Å². The van der Waals surface area contributed by atoms with Crippen molar-refractivity contribution in [2.45, 2.75) is 19.1 Å². The van der Waals surface area contributed by atoms with Crippen molar-refractivity contribution in [3.05, 3.63) is 34.3 Å². The number of nitrogens with one attached hydrogen (secondary N) is 1. The van der Waals surface area contributed by atoms with Crippen molar-refractivity contribution in [1.82, 2.24) is 5.32 Å². The molecule has 1 unspecified atom stereocenters. The normalized spacial score (nSPS) is 15.0. The highest BCUT2D eigenvalue weighted by Gasteiger charge is 2.44. The van der Waals surface area contributed by atoms with Crippen LogP contribution in [0.4, 0.5) is 13.2 Å². The Kier molecular flexibility index (Phi) is 5.37. The Morgan fingerprint density at radius 2 is 2.00 bits per heavy atom. The van der Waals surface area contributed by atoms with E-state index in [1.807, 2.05) is 0 Å². The number of hydrogen-bond acceptors (Lipinski definition) is 2. The van der Waals surface area contributed by atoms with Crippen LogP contribution in [0.15, 0.2) is 28.7 Å². The van der Waals surface area contributed by atoms with Crippen molar-refractivity contribution >= 4 is 21.9 Å². The molecule has 0 aliphatic carbocycles. The highest BCUT2D eigenvalue weighted by molar-refractivity contribution is 9.10. The van der Waals surface area contributed by atoms with Gasteiger partial charge in [-0.2, -0.15) is 13.2 Å². The van der Waals surface area contributed by atoms with Gasteiger partial charge in [0, 0.05) is 17.1 Å². The van der Waals surface area contributed by atoms with Crippen LogP contribution in [0.1, 0.15) is 18.5 Å². The lowest BCUT2D eigenvalue weighted by Gasteiger charge is -2.20. The molecule has 0 heterocycles. The van der Waals surface area contributed by atoms with E-state index in [1.165, 1.54) is 0 Å². The molecular weight excluding hydrogens is 327 g/mol. The average Bonchev–Trinajstić information content (AvgIpc) is 2.27. The van der Waals surface area contributed by atoms with E-state index >= 15 is 0 Å². The van der Waals surface area contributed by atoms with Gasteiger partial charge in [-0.1, -0.05) is 34.1 Å². The summed E-state index contributed by atoms with van der Waals surface area (Å²) in [4.78, 5) is 10.6. The third-order valence-electron chi connectivity index (χ3n) is 2.69. The molecule has 0 amide bonds. The van der Waals surface area contributed by atoms with Gasteiger partial charge < -0.3 is 10.4 Å². The predicted octanol–water partition coefficient (Wildman–Crippen LogP) is 3.36. The van der Waals surface area contributed by atoms with Gasteiger partial charge in [0.15, 0.2) is 5.92 Å². The minimum Gasteiger partial charge on any atom is -0.481 e. The Morgan fingerprint density at radius 1 is 1.42 bits per heavy atom. The standard InChI is InChI=1S/C12H13BrF3NO2/c1-7(8-4-2-3-5-10(8)13)17-6-9(11(18)19)12(14,15)16/h2-5,7,9,17H,6H2,1H3,(H,18,19)/t7-,9?/m1/s1. The largest absolute Gasteiger partial charge is 0.481 e. The minimum atomic E-state index is -4.76. The zero-order valence-electron chi connectivity index (χ0n) is 10.0. The number of hydrogen-bond donors (Lipinski definition) is 2. The summed E-state index contributed by atoms with van der Waals surface area (Å²) in [6.07, 6.45) is -4.76. The molecule has 0 aromatic heterocycles. The summed E-state index contributed by atoms with van der Waals surface area (Å²) in [7, 11) is 0. The summed E-state index contributed by atoms with van der Waals surface area (Å²) in [5, 5.41) is 11.2. The predicted molar refractivity (Wildman–Crippen MR) is 67.7 cm³/mol. The molecule has 0 saturated carbocycles. The van der Waals surface area contributed by atoms with Crippen LogP contribution in [0.25, 0.3) is 0 Å². The Labute approximate surface area is 116 Å². The molecule has 0 aliphatic rings. The summed E-state index contributed by atoms with van der Waals surface area (Å²) in [6.45, 7) is 1.01. The van der Waals surface area contributed by atoms with Crippen LogP contribution in [0, 0.1) is 5.92 Å². The number of carboxylic acids is 1. The Morgan fingerprint density at radius 3 is 2.47 bits per heavy atom. The van der Waals surface area contributed by atoms with Crippen LogP contribution >= 0.6 is 15.9 Å². The van der Waals surface area contributed by atoms with E-state index in [4.69, 9.17) is 5.11 Å². The summed E-state index contributed by atoms with van der Waals surface area (Å²) in [6, 6.07) is 6.68. The molecule has 0 saturated heterocycles. The van der Waals surface area contributed by atoms with E-state index in [9.17, 15) is 18.0 Å². The second-order valence-corrected chi connectivity index (χ2v) is 4.94. The first kappa shape index (κ1) is 16.0. The summed E-state index contributed by atoms with van der Waals surface area (Å²) < 4.78 is 38.2. The van der Waals surface area contributed by atoms with Gasteiger partial charge in [-0.15, -0.1) is 0 Å². The lowest BCUT2D eigenvalue weighted by Crippen LogP contribution is -2.39. The van der Waals surface area contributed by atoms with Gasteiger partial charge in [0.2, 0.25) is 0 Å². The van der Waals surface area contributed by atoms with E-state index in [0.29, 0.717) is 0 Å². The molecule has 1 rings (SSSR count). The van der Waals surface area contributed by atoms with Gasteiger partial charge in [-0.3, -0.25) is 4.79 Å². The van der Waals surface area contributed by atoms with Crippen LogP contribution in [0.2, 0.25) is 0 Å². The Balaban J connectivity index is 2.70. The minimum absolute atomic E-state index is 0.389. The van der Waals surface area contributed by atoms with Gasteiger partial charge >= 0.3 is 12.1 Å². The van der Waals surface area contributed by atoms with Gasteiger partial charge in [0.25, 0.3) is 0 Å². The smallest absolute Gasteiger partial charge is 0.403 e. The maximum atomic E-state index is 12.5. The number of alkyl halides is 3. The third kappa shape index (κ3) is 4.50. The van der Waals surface area contributed by atoms with Gasteiger partial charge in [-0.25, -0.2) is 0 Å². The zero-order chi connectivity index (χ0) is 14.6. The second kappa shape index (κ2) is 6.38. The quantitative estimate of drug-likeness (QED) is 0.864. The fraction of sp³-hybridized carbons (Fsp3) is 0.417. The van der Waals surface area contributed by atoms with E-state index in [0.717, 1.165) is 10.0 Å². The monoisotopic (exact) mass is 339 g/mol. The number of aliphatic carboxylic acids is 1. The van der Waals surface area contributed by atoms with Crippen LogP contribution in [0.3, 0.4) is 0 Å². The maximum Gasteiger partial charge on any atom is 0.403 e. The number of rotatable bonds is 5. The highest BCUT2D eigenvalue weighted by Crippen LogP contribution is 2.27. The van der Waals surface area contributed by atoms with E-state index in [1.54, 1.807) is 31.2 Å². The first-order valence-electron chi connectivity index (χ1n) is 5.50. The van der Waals surface area contributed by atoms with E-state index in [-0.39, 0.29) is 6.04 Å². The first-order valence-corrected chi connectivity index (χ1v) is 6.30. The molecule has 0 fully saturated rings. The molecule has 2 atom stereocenters. The van der Waals surface area contributed by atoms with Gasteiger partial charge in [0.1, 0.15) is 0 Å². The molecule has 3 nitrogen and oxygen atoms in total. The van der Waals surface area contributed by atoms with Crippen molar-refractivity contribution in [3.8, 4) is 0 Å². The fourth-order valence-electron chi connectivity index (χ4n) is 1.57. The van der Waals surface area contributed by atoms with Crippen LogP contribution in [0.5, 0.6) is 0 Å². The van der Waals surface area contributed by atoms with Crippen molar-refractivity contribution in [1.29, 1.82) is 0 Å². The summed E-state index contributed by atoms with van der Waals surface area (Å²) >= 11 is 3.29. The average molecular weight is 340 g/mol.